The fourth-order valence-electron chi connectivity index (χ4n) is 2.41. The fourth-order valence-corrected chi connectivity index (χ4v) is 2.41. The number of nitriles is 1. The number of imidazole rings is 1. The molecule has 0 saturated heterocycles. The van der Waals surface area contributed by atoms with E-state index in [1.54, 1.807) is 0 Å². The number of hydrogen-bond acceptors (Lipinski definition) is 3. The lowest BCUT2D eigenvalue weighted by Gasteiger charge is -2.09. The Labute approximate surface area is 123 Å². The highest BCUT2D eigenvalue weighted by Gasteiger charge is 2.15. The molecule has 21 heavy (non-hydrogen) atoms. The smallest absolute Gasteiger partial charge is 0.160 e. The van der Waals surface area contributed by atoms with Gasteiger partial charge in [0, 0.05) is 18.3 Å². The highest BCUT2D eigenvalue weighted by Crippen LogP contribution is 2.25. The van der Waals surface area contributed by atoms with Gasteiger partial charge in [-0.2, -0.15) is 5.26 Å². The van der Waals surface area contributed by atoms with E-state index in [2.05, 4.69) is 11.1 Å². The largest absolute Gasteiger partial charge is 0.307 e. The standard InChI is InChI=1S/C17H16N4/c1-12-8-15-17(19-10-12)21(11-13(2)9-18)16(20-15)14-6-4-3-5-7-14/h3-8,10,13H,11H2,1-2H3. The van der Waals surface area contributed by atoms with Gasteiger partial charge in [-0.3, -0.25) is 0 Å². The SMILES string of the molecule is Cc1cnc2c(c1)nc(-c1ccccc1)n2CC(C)C#N. The van der Waals surface area contributed by atoms with Crippen molar-refractivity contribution < 1.29 is 0 Å². The molecule has 0 aliphatic heterocycles. The Morgan fingerprint density at radius 3 is 2.76 bits per heavy atom. The van der Waals surface area contributed by atoms with E-state index in [-0.39, 0.29) is 5.92 Å². The maximum absolute atomic E-state index is 9.11. The van der Waals surface area contributed by atoms with Crippen molar-refractivity contribution in [1.29, 1.82) is 5.26 Å². The van der Waals surface area contributed by atoms with Crippen LogP contribution < -0.4 is 0 Å². The number of hydrogen-bond donors (Lipinski definition) is 0. The zero-order valence-corrected chi connectivity index (χ0v) is 12.1. The summed E-state index contributed by atoms with van der Waals surface area (Å²) in [6.07, 6.45) is 1.84. The van der Waals surface area contributed by atoms with Crippen LogP contribution >= 0.6 is 0 Å². The highest BCUT2D eigenvalue weighted by atomic mass is 15.1. The molecule has 0 saturated carbocycles. The molecular formula is C17H16N4. The van der Waals surface area contributed by atoms with Gasteiger partial charge in [-0.05, 0) is 25.5 Å². The molecule has 0 N–H and O–H groups in total. The van der Waals surface area contributed by atoms with Gasteiger partial charge in [0.25, 0.3) is 0 Å². The van der Waals surface area contributed by atoms with Gasteiger partial charge in [-0.1, -0.05) is 30.3 Å². The van der Waals surface area contributed by atoms with Gasteiger partial charge in [0.1, 0.15) is 11.3 Å². The second-order valence-electron chi connectivity index (χ2n) is 5.30. The minimum atomic E-state index is -0.0898. The first-order chi connectivity index (χ1) is 10.2. The predicted octanol–water partition coefficient (Wildman–Crippen LogP) is 3.57. The van der Waals surface area contributed by atoms with Crippen molar-refractivity contribution in [2.45, 2.75) is 20.4 Å². The Kier molecular flexibility index (Phi) is 3.41. The fraction of sp³-hybridized carbons (Fsp3) is 0.235. The van der Waals surface area contributed by atoms with E-state index in [4.69, 9.17) is 10.2 Å². The Morgan fingerprint density at radius 2 is 2.05 bits per heavy atom. The first-order valence-electron chi connectivity index (χ1n) is 6.97. The first-order valence-corrected chi connectivity index (χ1v) is 6.97. The zero-order chi connectivity index (χ0) is 14.8. The van der Waals surface area contributed by atoms with Crippen LogP contribution in [0.3, 0.4) is 0 Å². The quantitative estimate of drug-likeness (QED) is 0.735. The summed E-state index contributed by atoms with van der Waals surface area (Å²) in [4.78, 5) is 9.23. The number of rotatable bonds is 3. The molecule has 0 amide bonds. The maximum Gasteiger partial charge on any atom is 0.160 e. The second kappa shape index (κ2) is 5.37. The number of aromatic nitrogens is 3. The van der Waals surface area contributed by atoms with E-state index in [0.717, 1.165) is 28.1 Å². The molecule has 4 nitrogen and oxygen atoms in total. The summed E-state index contributed by atoms with van der Waals surface area (Å²) < 4.78 is 2.04. The van der Waals surface area contributed by atoms with Gasteiger partial charge in [-0.15, -0.1) is 0 Å². The average molecular weight is 276 g/mol. The van der Waals surface area contributed by atoms with Crippen LogP contribution in [0.25, 0.3) is 22.6 Å². The predicted molar refractivity (Wildman–Crippen MR) is 82.5 cm³/mol. The minimum Gasteiger partial charge on any atom is -0.307 e. The molecule has 4 heteroatoms. The summed E-state index contributed by atoms with van der Waals surface area (Å²) >= 11 is 0. The van der Waals surface area contributed by atoms with Crippen LogP contribution in [0.4, 0.5) is 0 Å². The molecule has 2 aromatic heterocycles. The molecule has 1 atom stereocenters. The molecular weight excluding hydrogens is 260 g/mol. The van der Waals surface area contributed by atoms with Gasteiger partial charge < -0.3 is 4.57 Å². The van der Waals surface area contributed by atoms with Crippen LogP contribution in [0, 0.1) is 24.2 Å². The van der Waals surface area contributed by atoms with Crippen molar-refractivity contribution in [1.82, 2.24) is 14.5 Å². The van der Waals surface area contributed by atoms with Crippen molar-refractivity contribution in [3.05, 3.63) is 48.2 Å². The molecule has 0 aliphatic rings. The second-order valence-corrected chi connectivity index (χ2v) is 5.30. The number of benzene rings is 1. The van der Waals surface area contributed by atoms with Crippen LogP contribution in [0.2, 0.25) is 0 Å². The molecule has 0 radical (unpaired) electrons. The van der Waals surface area contributed by atoms with Crippen molar-refractivity contribution >= 4 is 11.2 Å². The summed E-state index contributed by atoms with van der Waals surface area (Å²) in [7, 11) is 0. The Balaban J connectivity index is 2.22. The van der Waals surface area contributed by atoms with E-state index in [0.29, 0.717) is 6.54 Å². The van der Waals surface area contributed by atoms with Crippen molar-refractivity contribution in [2.24, 2.45) is 5.92 Å². The Bertz CT molecular complexity index is 812. The van der Waals surface area contributed by atoms with Gasteiger partial charge in [0.2, 0.25) is 0 Å². The summed E-state index contributed by atoms with van der Waals surface area (Å²) in [6, 6.07) is 14.3. The molecule has 3 aromatic rings. The summed E-state index contributed by atoms with van der Waals surface area (Å²) in [5.41, 5.74) is 3.83. The van der Waals surface area contributed by atoms with Gasteiger partial charge >= 0.3 is 0 Å². The molecule has 0 spiro atoms. The molecule has 0 bridgehead atoms. The molecule has 1 unspecified atom stereocenters. The number of pyridine rings is 1. The molecule has 3 rings (SSSR count). The topological polar surface area (TPSA) is 54.5 Å². The lowest BCUT2D eigenvalue weighted by Crippen LogP contribution is -2.08. The minimum absolute atomic E-state index is 0.0898. The molecule has 0 fully saturated rings. The molecule has 1 aromatic carbocycles. The van der Waals surface area contributed by atoms with E-state index in [9.17, 15) is 0 Å². The number of fused-ring (bicyclic) bond motifs is 1. The van der Waals surface area contributed by atoms with Crippen LogP contribution in [0.1, 0.15) is 12.5 Å². The van der Waals surface area contributed by atoms with Crippen molar-refractivity contribution in [2.75, 3.05) is 0 Å². The first kappa shape index (κ1) is 13.3. The van der Waals surface area contributed by atoms with Crippen LogP contribution in [0.15, 0.2) is 42.6 Å². The summed E-state index contributed by atoms with van der Waals surface area (Å²) in [6.45, 7) is 4.51. The van der Waals surface area contributed by atoms with E-state index in [1.165, 1.54) is 0 Å². The molecule has 2 heterocycles. The lowest BCUT2D eigenvalue weighted by molar-refractivity contribution is 0.594. The van der Waals surface area contributed by atoms with E-state index >= 15 is 0 Å². The van der Waals surface area contributed by atoms with Crippen LogP contribution in [0.5, 0.6) is 0 Å². The highest BCUT2D eigenvalue weighted by molar-refractivity contribution is 5.77. The van der Waals surface area contributed by atoms with E-state index < -0.39 is 0 Å². The third kappa shape index (κ3) is 2.50. The zero-order valence-electron chi connectivity index (χ0n) is 12.1. The third-order valence-electron chi connectivity index (χ3n) is 3.43. The average Bonchev–Trinajstić information content (AvgIpc) is 2.85. The maximum atomic E-state index is 9.11. The number of aryl methyl sites for hydroxylation is 1. The van der Waals surface area contributed by atoms with Crippen molar-refractivity contribution in [3.63, 3.8) is 0 Å². The van der Waals surface area contributed by atoms with Gasteiger partial charge in [-0.25, -0.2) is 9.97 Å². The van der Waals surface area contributed by atoms with Gasteiger partial charge in [0.05, 0.1) is 12.0 Å². The molecule has 0 aliphatic carbocycles. The Hall–Kier alpha value is -2.67. The number of nitrogens with zero attached hydrogens (tertiary/aromatic N) is 4. The summed E-state index contributed by atoms with van der Waals surface area (Å²) in [5.74, 6) is 0.777. The third-order valence-corrected chi connectivity index (χ3v) is 3.43. The normalized spacial score (nSPS) is 12.2. The summed E-state index contributed by atoms with van der Waals surface area (Å²) in [5, 5.41) is 9.11. The van der Waals surface area contributed by atoms with Crippen LogP contribution in [-0.4, -0.2) is 14.5 Å². The van der Waals surface area contributed by atoms with Crippen molar-refractivity contribution in [3.8, 4) is 17.5 Å². The molecule has 104 valence electrons. The van der Waals surface area contributed by atoms with Crippen LogP contribution in [-0.2, 0) is 6.54 Å². The lowest BCUT2D eigenvalue weighted by atomic mass is 10.2. The monoisotopic (exact) mass is 276 g/mol. The van der Waals surface area contributed by atoms with E-state index in [1.807, 2.05) is 61.0 Å². The Morgan fingerprint density at radius 1 is 1.29 bits per heavy atom. The van der Waals surface area contributed by atoms with Gasteiger partial charge in [0.15, 0.2) is 5.65 Å².